The van der Waals surface area contributed by atoms with Gasteiger partial charge in [-0.15, -0.1) is 0 Å². The van der Waals surface area contributed by atoms with Crippen LogP contribution in [0.15, 0.2) is 36.4 Å². The van der Waals surface area contributed by atoms with Gasteiger partial charge < -0.3 is 19.4 Å². The maximum absolute atomic E-state index is 12.3. The van der Waals surface area contributed by atoms with Crippen LogP contribution in [0.3, 0.4) is 0 Å². The summed E-state index contributed by atoms with van der Waals surface area (Å²) in [6.07, 6.45) is 3.59. The fourth-order valence-electron chi connectivity index (χ4n) is 3.98. The number of hydrogen-bond donors (Lipinski definition) is 1. The van der Waals surface area contributed by atoms with Gasteiger partial charge in [0.2, 0.25) is 5.91 Å². The predicted octanol–water partition coefficient (Wildman–Crippen LogP) is 5.62. The van der Waals surface area contributed by atoms with Crippen LogP contribution in [0.2, 0.25) is 0 Å². The van der Waals surface area contributed by atoms with Gasteiger partial charge in [0.05, 0.1) is 31.8 Å². The molecule has 32 heavy (non-hydrogen) atoms. The van der Waals surface area contributed by atoms with Gasteiger partial charge in [-0.2, -0.15) is 0 Å². The lowest BCUT2D eigenvalue weighted by Crippen LogP contribution is -2.11. The van der Waals surface area contributed by atoms with Crippen LogP contribution >= 0.6 is 0 Å². The number of carbonyl (C=O) groups is 2. The number of esters is 1. The first-order chi connectivity index (χ1) is 15.4. The van der Waals surface area contributed by atoms with Crippen LogP contribution in [0.5, 0.6) is 5.75 Å². The average Bonchev–Trinajstić information content (AvgIpc) is 3.03. The van der Waals surface area contributed by atoms with Crippen LogP contribution in [0, 0.1) is 13.8 Å². The second-order valence-electron chi connectivity index (χ2n) is 8.05. The molecule has 1 aromatic heterocycles. The third-order valence-electron chi connectivity index (χ3n) is 5.97. The summed E-state index contributed by atoms with van der Waals surface area (Å²) in [6, 6.07) is 11.4. The molecule has 0 radical (unpaired) electrons. The Morgan fingerprint density at radius 2 is 1.81 bits per heavy atom. The van der Waals surface area contributed by atoms with Gasteiger partial charge in [-0.1, -0.05) is 31.9 Å². The Labute approximate surface area is 189 Å². The molecule has 0 fully saturated rings. The van der Waals surface area contributed by atoms with E-state index < -0.39 is 5.97 Å². The van der Waals surface area contributed by atoms with E-state index >= 15 is 0 Å². The van der Waals surface area contributed by atoms with Crippen LogP contribution in [-0.2, 0) is 16.1 Å². The van der Waals surface area contributed by atoms with Gasteiger partial charge in [0, 0.05) is 28.8 Å². The SMILES string of the molecule is CCCCCC(=O)Nc1ccc2c(C)c(C)n(Cc3ccc(C(=O)OC)cc3OC)c2c1. The van der Waals surface area contributed by atoms with Crippen molar-refractivity contribution in [1.82, 2.24) is 4.57 Å². The Bertz CT molecular complexity index is 1130. The molecule has 0 unspecified atom stereocenters. The third-order valence-corrected chi connectivity index (χ3v) is 5.97. The highest BCUT2D eigenvalue weighted by Crippen LogP contribution is 2.30. The zero-order chi connectivity index (χ0) is 23.3. The molecule has 0 atom stereocenters. The fraction of sp³-hybridized carbons (Fsp3) is 0.385. The smallest absolute Gasteiger partial charge is 0.337 e. The fourth-order valence-corrected chi connectivity index (χ4v) is 3.98. The number of anilines is 1. The molecular weight excluding hydrogens is 404 g/mol. The molecule has 3 aromatic rings. The standard InChI is InChI=1S/C26H32N2O4/c1-6-7-8-9-25(29)27-21-12-13-22-17(2)18(3)28(23(22)15-21)16-20-11-10-19(26(30)32-5)14-24(20)31-4/h10-15H,6-9,16H2,1-5H3,(H,27,29). The number of ether oxygens (including phenoxy) is 2. The van der Waals surface area contributed by atoms with E-state index in [0.717, 1.165) is 47.1 Å². The second-order valence-corrected chi connectivity index (χ2v) is 8.05. The molecule has 3 rings (SSSR count). The molecule has 0 saturated heterocycles. The zero-order valence-corrected chi connectivity index (χ0v) is 19.6. The molecular formula is C26H32N2O4. The molecule has 6 nitrogen and oxygen atoms in total. The molecule has 1 heterocycles. The zero-order valence-electron chi connectivity index (χ0n) is 19.6. The highest BCUT2D eigenvalue weighted by atomic mass is 16.5. The summed E-state index contributed by atoms with van der Waals surface area (Å²) < 4.78 is 12.6. The molecule has 170 valence electrons. The third kappa shape index (κ3) is 4.96. The number of nitrogens with zero attached hydrogens (tertiary/aromatic N) is 1. The molecule has 2 aromatic carbocycles. The quantitative estimate of drug-likeness (QED) is 0.349. The summed E-state index contributed by atoms with van der Waals surface area (Å²) in [5.41, 5.74) is 5.59. The van der Waals surface area contributed by atoms with Gasteiger partial charge in [0.25, 0.3) is 0 Å². The van der Waals surface area contributed by atoms with Crippen molar-refractivity contribution in [2.24, 2.45) is 0 Å². The van der Waals surface area contributed by atoms with Crippen LogP contribution in [0.4, 0.5) is 5.69 Å². The number of aromatic nitrogens is 1. The summed E-state index contributed by atoms with van der Waals surface area (Å²) >= 11 is 0. The van der Waals surface area contributed by atoms with Crippen molar-refractivity contribution in [3.63, 3.8) is 0 Å². The number of nitrogens with one attached hydrogen (secondary N) is 1. The molecule has 0 bridgehead atoms. The summed E-state index contributed by atoms with van der Waals surface area (Å²) in [7, 11) is 2.96. The topological polar surface area (TPSA) is 69.6 Å². The van der Waals surface area contributed by atoms with E-state index in [2.05, 4.69) is 36.7 Å². The van der Waals surface area contributed by atoms with Gasteiger partial charge in [-0.3, -0.25) is 4.79 Å². The molecule has 6 heteroatoms. The van der Waals surface area contributed by atoms with Crippen molar-refractivity contribution in [3.8, 4) is 5.75 Å². The monoisotopic (exact) mass is 436 g/mol. The van der Waals surface area contributed by atoms with E-state index in [1.807, 2.05) is 18.2 Å². The van der Waals surface area contributed by atoms with Crippen molar-refractivity contribution in [2.75, 3.05) is 19.5 Å². The first-order valence-corrected chi connectivity index (χ1v) is 11.0. The highest BCUT2D eigenvalue weighted by molar-refractivity contribution is 5.95. The average molecular weight is 437 g/mol. The first kappa shape index (κ1) is 23.4. The first-order valence-electron chi connectivity index (χ1n) is 11.0. The van der Waals surface area contributed by atoms with Crippen molar-refractivity contribution in [1.29, 1.82) is 0 Å². The van der Waals surface area contributed by atoms with E-state index in [1.54, 1.807) is 19.2 Å². The summed E-state index contributed by atoms with van der Waals surface area (Å²) in [5.74, 6) is 0.282. The summed E-state index contributed by atoms with van der Waals surface area (Å²) in [6.45, 7) is 6.90. The number of rotatable bonds is 9. The van der Waals surface area contributed by atoms with Crippen LogP contribution in [0.25, 0.3) is 10.9 Å². The molecule has 0 saturated carbocycles. The normalized spacial score (nSPS) is 10.9. The van der Waals surface area contributed by atoms with E-state index in [0.29, 0.717) is 24.3 Å². The Morgan fingerprint density at radius 1 is 1.03 bits per heavy atom. The van der Waals surface area contributed by atoms with E-state index in [9.17, 15) is 9.59 Å². The lowest BCUT2D eigenvalue weighted by Gasteiger charge is -2.14. The Morgan fingerprint density at radius 3 is 2.50 bits per heavy atom. The summed E-state index contributed by atoms with van der Waals surface area (Å²) in [4.78, 5) is 24.2. The maximum atomic E-state index is 12.3. The van der Waals surface area contributed by atoms with Gasteiger partial charge in [-0.25, -0.2) is 4.79 Å². The van der Waals surface area contributed by atoms with Crippen LogP contribution in [0.1, 0.15) is 59.8 Å². The van der Waals surface area contributed by atoms with Crippen molar-refractivity contribution >= 4 is 28.5 Å². The Hall–Kier alpha value is -3.28. The molecule has 0 aliphatic carbocycles. The number of benzene rings is 2. The van der Waals surface area contributed by atoms with E-state index in [1.165, 1.54) is 12.7 Å². The van der Waals surface area contributed by atoms with Crippen molar-refractivity contribution < 1.29 is 19.1 Å². The number of aryl methyl sites for hydroxylation is 1. The second kappa shape index (κ2) is 10.4. The lowest BCUT2D eigenvalue weighted by atomic mass is 10.1. The largest absolute Gasteiger partial charge is 0.496 e. The maximum Gasteiger partial charge on any atom is 0.337 e. The lowest BCUT2D eigenvalue weighted by molar-refractivity contribution is -0.116. The number of methoxy groups -OCH3 is 2. The minimum atomic E-state index is -0.396. The molecule has 1 amide bonds. The number of fused-ring (bicyclic) bond motifs is 1. The van der Waals surface area contributed by atoms with E-state index in [4.69, 9.17) is 9.47 Å². The van der Waals surface area contributed by atoms with Gasteiger partial charge in [-0.05, 0) is 50.1 Å². The van der Waals surface area contributed by atoms with Gasteiger partial charge in [0.15, 0.2) is 0 Å². The summed E-state index contributed by atoms with van der Waals surface area (Å²) in [5, 5.41) is 4.18. The Kier molecular flexibility index (Phi) is 7.57. The molecule has 0 aliphatic rings. The van der Waals surface area contributed by atoms with Crippen molar-refractivity contribution in [3.05, 3.63) is 58.8 Å². The van der Waals surface area contributed by atoms with Crippen LogP contribution in [-0.4, -0.2) is 30.7 Å². The molecule has 1 N–H and O–H groups in total. The minimum Gasteiger partial charge on any atom is -0.496 e. The predicted molar refractivity (Wildman–Crippen MR) is 128 cm³/mol. The van der Waals surface area contributed by atoms with E-state index in [-0.39, 0.29) is 5.91 Å². The van der Waals surface area contributed by atoms with Crippen molar-refractivity contribution in [2.45, 2.75) is 53.0 Å². The number of carbonyl (C=O) groups excluding carboxylic acids is 2. The number of unbranched alkanes of at least 4 members (excludes halogenated alkanes) is 2. The highest BCUT2D eigenvalue weighted by Gasteiger charge is 2.16. The number of amides is 1. The molecule has 0 spiro atoms. The van der Waals surface area contributed by atoms with Gasteiger partial charge in [0.1, 0.15) is 5.75 Å². The Balaban J connectivity index is 1.93. The number of hydrogen-bond acceptors (Lipinski definition) is 4. The molecule has 0 aliphatic heterocycles. The van der Waals surface area contributed by atoms with Crippen LogP contribution < -0.4 is 10.1 Å². The van der Waals surface area contributed by atoms with Gasteiger partial charge >= 0.3 is 5.97 Å². The minimum absolute atomic E-state index is 0.0458.